The van der Waals surface area contributed by atoms with Crippen LogP contribution in [-0.4, -0.2) is 45.2 Å². The van der Waals surface area contributed by atoms with E-state index in [1.54, 1.807) is 7.05 Å². The third kappa shape index (κ3) is 3.51. The van der Waals surface area contributed by atoms with Gasteiger partial charge in [0.25, 0.3) is 5.56 Å². The van der Waals surface area contributed by atoms with Crippen molar-refractivity contribution >= 4 is 33.2 Å². The highest BCUT2D eigenvalue weighted by molar-refractivity contribution is 7.18. The SMILES string of the molecule is Cc1nc2c(N3CC[C@H]4[C@H](CCN4c4cc(C(F)(F)F)ncn4)C3)c(C#N)c(=O)n(C)c2s1. The van der Waals surface area contributed by atoms with Gasteiger partial charge in [0.2, 0.25) is 0 Å². The van der Waals surface area contributed by atoms with Crippen LogP contribution in [0.15, 0.2) is 17.2 Å². The Morgan fingerprint density at radius 2 is 2.03 bits per heavy atom. The Balaban J connectivity index is 1.47. The first kappa shape index (κ1) is 21.6. The molecule has 3 aromatic rings. The molecule has 12 heteroatoms. The molecule has 0 amide bonds. The molecule has 0 aromatic carbocycles. The molecule has 0 saturated carbocycles. The molecule has 2 aliphatic heterocycles. The number of pyridine rings is 1. The lowest BCUT2D eigenvalue weighted by Crippen LogP contribution is -2.47. The molecule has 5 rings (SSSR count). The molecule has 33 heavy (non-hydrogen) atoms. The maximum Gasteiger partial charge on any atom is 0.433 e. The summed E-state index contributed by atoms with van der Waals surface area (Å²) in [7, 11) is 1.64. The van der Waals surface area contributed by atoms with Crippen molar-refractivity contribution in [3.05, 3.63) is 39.0 Å². The summed E-state index contributed by atoms with van der Waals surface area (Å²) in [6.07, 6.45) is -2.12. The first-order chi connectivity index (χ1) is 15.7. The molecule has 0 bridgehead atoms. The van der Waals surface area contributed by atoms with E-state index >= 15 is 0 Å². The molecular formula is C21H20F3N7OS. The normalized spacial score (nSPS) is 20.8. The summed E-state index contributed by atoms with van der Waals surface area (Å²) in [6, 6.07) is 3.11. The van der Waals surface area contributed by atoms with E-state index in [9.17, 15) is 23.2 Å². The smallest absolute Gasteiger partial charge is 0.368 e. The van der Waals surface area contributed by atoms with Crippen LogP contribution in [0.25, 0.3) is 10.3 Å². The second-order valence-corrected chi connectivity index (χ2v) is 9.57. The van der Waals surface area contributed by atoms with Crippen molar-refractivity contribution in [1.82, 2.24) is 19.5 Å². The van der Waals surface area contributed by atoms with Gasteiger partial charge in [-0.3, -0.25) is 4.79 Å². The Hall–Kier alpha value is -3.20. The van der Waals surface area contributed by atoms with Gasteiger partial charge in [-0.2, -0.15) is 18.4 Å². The fourth-order valence-corrected chi connectivity index (χ4v) is 5.89. The monoisotopic (exact) mass is 475 g/mol. The summed E-state index contributed by atoms with van der Waals surface area (Å²) in [5, 5.41) is 10.6. The van der Waals surface area contributed by atoms with E-state index in [1.165, 1.54) is 15.9 Å². The molecule has 0 aliphatic carbocycles. The van der Waals surface area contributed by atoms with E-state index in [1.807, 2.05) is 16.7 Å². The molecule has 2 atom stereocenters. The number of aryl methyl sites for hydroxylation is 2. The van der Waals surface area contributed by atoms with E-state index in [4.69, 9.17) is 0 Å². The summed E-state index contributed by atoms with van der Waals surface area (Å²) in [4.78, 5) is 29.6. The topological polar surface area (TPSA) is 90.9 Å². The summed E-state index contributed by atoms with van der Waals surface area (Å²) in [6.45, 7) is 3.60. The number of piperidine rings is 1. The van der Waals surface area contributed by atoms with Crippen LogP contribution in [0.5, 0.6) is 0 Å². The molecule has 2 saturated heterocycles. The number of anilines is 2. The molecule has 8 nitrogen and oxygen atoms in total. The molecule has 0 radical (unpaired) electrons. The Kier molecular flexibility index (Phi) is 5.04. The van der Waals surface area contributed by atoms with Crippen LogP contribution in [0, 0.1) is 24.2 Å². The number of hydrogen-bond donors (Lipinski definition) is 0. The highest BCUT2D eigenvalue weighted by Crippen LogP contribution is 2.39. The van der Waals surface area contributed by atoms with E-state index in [2.05, 4.69) is 21.0 Å². The van der Waals surface area contributed by atoms with Crippen molar-refractivity contribution in [2.45, 2.75) is 32.0 Å². The predicted molar refractivity (Wildman–Crippen MR) is 117 cm³/mol. The Bertz CT molecular complexity index is 1340. The molecular weight excluding hydrogens is 455 g/mol. The molecule has 0 spiro atoms. The van der Waals surface area contributed by atoms with Crippen LogP contribution < -0.4 is 15.4 Å². The van der Waals surface area contributed by atoms with Crippen LogP contribution in [0.2, 0.25) is 0 Å². The maximum atomic E-state index is 13.1. The molecule has 0 unspecified atom stereocenters. The zero-order chi connectivity index (χ0) is 23.5. The number of rotatable bonds is 2. The van der Waals surface area contributed by atoms with Gasteiger partial charge in [-0.1, -0.05) is 0 Å². The number of aromatic nitrogens is 4. The second kappa shape index (κ2) is 7.69. The number of halogens is 3. The average molecular weight is 476 g/mol. The van der Waals surface area contributed by atoms with E-state index < -0.39 is 11.9 Å². The number of fused-ring (bicyclic) bond motifs is 2. The maximum absolute atomic E-state index is 13.1. The first-order valence-electron chi connectivity index (χ1n) is 10.5. The van der Waals surface area contributed by atoms with Crippen LogP contribution >= 0.6 is 11.3 Å². The van der Waals surface area contributed by atoms with Gasteiger partial charge in [0.05, 0.1) is 10.7 Å². The minimum absolute atomic E-state index is 0.0296. The van der Waals surface area contributed by atoms with Crippen molar-refractivity contribution in [2.75, 3.05) is 29.4 Å². The fraction of sp³-hybridized carbons (Fsp3) is 0.476. The zero-order valence-electron chi connectivity index (χ0n) is 17.9. The molecule has 172 valence electrons. The Morgan fingerprint density at radius 1 is 1.24 bits per heavy atom. The predicted octanol–water partition coefficient (Wildman–Crippen LogP) is 3.09. The van der Waals surface area contributed by atoms with Gasteiger partial charge in [0, 0.05) is 38.8 Å². The largest absolute Gasteiger partial charge is 0.433 e. The number of nitriles is 1. The highest BCUT2D eigenvalue weighted by Gasteiger charge is 2.41. The van der Waals surface area contributed by atoms with Gasteiger partial charge in [0.15, 0.2) is 0 Å². The van der Waals surface area contributed by atoms with Crippen molar-refractivity contribution < 1.29 is 13.2 Å². The van der Waals surface area contributed by atoms with E-state index in [0.29, 0.717) is 37.3 Å². The quantitative estimate of drug-likeness (QED) is 0.563. The highest BCUT2D eigenvalue weighted by atomic mass is 32.1. The molecule has 5 heterocycles. The Labute approximate surface area is 190 Å². The van der Waals surface area contributed by atoms with Crippen molar-refractivity contribution in [2.24, 2.45) is 13.0 Å². The number of nitrogens with zero attached hydrogens (tertiary/aromatic N) is 7. The summed E-state index contributed by atoms with van der Waals surface area (Å²) >= 11 is 1.41. The van der Waals surface area contributed by atoms with E-state index in [-0.39, 0.29) is 28.9 Å². The minimum Gasteiger partial charge on any atom is -0.368 e. The van der Waals surface area contributed by atoms with Gasteiger partial charge in [-0.05, 0) is 25.7 Å². The zero-order valence-corrected chi connectivity index (χ0v) is 18.7. The molecule has 2 fully saturated rings. The number of thiazole rings is 1. The summed E-state index contributed by atoms with van der Waals surface area (Å²) in [5.74, 6) is 0.440. The fourth-order valence-electron chi connectivity index (χ4n) is 5.02. The van der Waals surface area contributed by atoms with Gasteiger partial charge in [0.1, 0.15) is 39.8 Å². The second-order valence-electron chi connectivity index (χ2n) is 8.39. The number of alkyl halides is 3. The molecule has 2 aliphatic rings. The number of hydrogen-bond acceptors (Lipinski definition) is 8. The summed E-state index contributed by atoms with van der Waals surface area (Å²) in [5.41, 5.74) is -0.00417. The van der Waals surface area contributed by atoms with Crippen LogP contribution in [0.1, 0.15) is 29.1 Å². The van der Waals surface area contributed by atoms with Gasteiger partial charge in [-0.25, -0.2) is 15.0 Å². The van der Waals surface area contributed by atoms with E-state index in [0.717, 1.165) is 28.7 Å². The van der Waals surface area contributed by atoms with Gasteiger partial charge >= 0.3 is 6.18 Å². The third-order valence-corrected chi connectivity index (χ3v) is 7.55. The lowest BCUT2D eigenvalue weighted by atomic mass is 9.92. The van der Waals surface area contributed by atoms with Crippen molar-refractivity contribution in [1.29, 1.82) is 5.26 Å². The van der Waals surface area contributed by atoms with Gasteiger partial charge < -0.3 is 14.4 Å². The van der Waals surface area contributed by atoms with Crippen LogP contribution in [0.4, 0.5) is 24.7 Å². The minimum atomic E-state index is -4.52. The molecule has 0 N–H and O–H groups in total. The van der Waals surface area contributed by atoms with Gasteiger partial charge in [-0.15, -0.1) is 11.3 Å². The van der Waals surface area contributed by atoms with Crippen molar-refractivity contribution in [3.8, 4) is 6.07 Å². The Morgan fingerprint density at radius 3 is 2.76 bits per heavy atom. The first-order valence-corrected chi connectivity index (χ1v) is 11.3. The average Bonchev–Trinajstić information content (AvgIpc) is 3.38. The standard InChI is InChI=1S/C21H20F3N7OS/c1-11-28-17-18(13(8-25)19(32)29(2)20(17)33-11)30-5-4-14-12(9-30)3-6-31(14)16-7-15(21(22,23)24)26-10-27-16/h7,10,12,14H,3-6,9H2,1-2H3/t12-,14+/m1/s1. The lowest BCUT2D eigenvalue weighted by Gasteiger charge is -2.39. The van der Waals surface area contributed by atoms with Crippen LogP contribution in [-0.2, 0) is 13.2 Å². The summed E-state index contributed by atoms with van der Waals surface area (Å²) < 4.78 is 40.8. The van der Waals surface area contributed by atoms with Crippen LogP contribution in [0.3, 0.4) is 0 Å². The molecule has 3 aromatic heterocycles. The van der Waals surface area contributed by atoms with Crippen molar-refractivity contribution in [3.63, 3.8) is 0 Å². The third-order valence-electron chi connectivity index (χ3n) is 6.50. The lowest BCUT2D eigenvalue weighted by molar-refractivity contribution is -0.141.